The van der Waals surface area contributed by atoms with Crippen molar-refractivity contribution >= 4 is 50.9 Å². The predicted molar refractivity (Wildman–Crippen MR) is 183 cm³/mol. The first-order chi connectivity index (χ1) is 23.8. The molecule has 4 aliphatic rings. The standard InChI is InChI=1S/C33H43ClF2N8O5S/c34-28-17-24(33(35,36)23-3-1-21(2-4-23)31(46)40-41-32(47)22-9-11-38-12-10-22)18-29(39-28)42-13-15-43(16-14-42)50(48,49)27-7-5-26(6-8-27)44-20-25(37)19-30(44)45/h5-8,17-18,21-23,25,38H,1-4,9-16,19-20,37H2,(H,40,46)(H,41,47)/t21-,23-,25-/m1/s1. The molecule has 1 saturated carbocycles. The number of nitrogens with zero attached hydrogens (tertiary/aromatic N) is 4. The van der Waals surface area contributed by atoms with Crippen molar-refractivity contribution in [3.05, 3.63) is 47.1 Å². The van der Waals surface area contributed by atoms with Crippen LogP contribution in [0, 0.1) is 17.8 Å². The first-order valence-electron chi connectivity index (χ1n) is 17.1. The van der Waals surface area contributed by atoms with Crippen molar-refractivity contribution in [2.45, 2.75) is 61.8 Å². The minimum atomic E-state index is -3.85. The molecule has 1 atom stereocenters. The maximum Gasteiger partial charge on any atom is 0.276 e. The minimum Gasteiger partial charge on any atom is -0.354 e. The third kappa shape index (κ3) is 7.88. The Morgan fingerprint density at radius 2 is 1.52 bits per heavy atom. The summed E-state index contributed by atoms with van der Waals surface area (Å²) in [4.78, 5) is 44.9. The molecular weight excluding hydrogens is 694 g/mol. The topological polar surface area (TPSA) is 170 Å². The van der Waals surface area contributed by atoms with Gasteiger partial charge in [0.25, 0.3) is 5.92 Å². The van der Waals surface area contributed by atoms with Gasteiger partial charge in [-0.25, -0.2) is 22.2 Å². The van der Waals surface area contributed by atoms with Crippen molar-refractivity contribution in [1.82, 2.24) is 25.5 Å². The van der Waals surface area contributed by atoms with Crippen molar-refractivity contribution in [3.63, 3.8) is 0 Å². The molecule has 0 bridgehead atoms. The molecule has 2 aromatic rings. The number of alkyl halides is 2. The summed E-state index contributed by atoms with van der Waals surface area (Å²) in [7, 11) is -3.85. The fourth-order valence-electron chi connectivity index (χ4n) is 7.29. The van der Waals surface area contributed by atoms with Crippen LogP contribution in [0.5, 0.6) is 0 Å². The maximum absolute atomic E-state index is 15.9. The number of piperazine rings is 1. The molecule has 13 nitrogen and oxygen atoms in total. The lowest BCUT2D eigenvalue weighted by Gasteiger charge is -2.36. The van der Waals surface area contributed by atoms with E-state index in [1.165, 1.54) is 22.5 Å². The van der Waals surface area contributed by atoms with E-state index in [1.807, 2.05) is 0 Å². The highest BCUT2D eigenvalue weighted by Gasteiger charge is 2.45. The zero-order valence-electron chi connectivity index (χ0n) is 27.6. The fourth-order valence-corrected chi connectivity index (χ4v) is 8.92. The third-order valence-electron chi connectivity index (χ3n) is 10.3. The number of hydrogen-bond acceptors (Lipinski definition) is 9. The van der Waals surface area contributed by atoms with Crippen LogP contribution in [-0.4, -0.2) is 87.3 Å². The molecule has 0 spiro atoms. The Balaban J connectivity index is 1.03. The molecular formula is C33H43ClF2N8O5S. The first-order valence-corrected chi connectivity index (χ1v) is 18.9. The zero-order chi connectivity index (χ0) is 35.6. The summed E-state index contributed by atoms with van der Waals surface area (Å²) in [5.74, 6) is -5.39. The van der Waals surface area contributed by atoms with Crippen molar-refractivity contribution in [2.75, 3.05) is 55.6 Å². The van der Waals surface area contributed by atoms with Crippen LogP contribution in [0.25, 0.3) is 0 Å². The Labute approximate surface area is 295 Å². The fraction of sp³-hybridized carbons (Fsp3) is 0.576. The molecule has 0 unspecified atom stereocenters. The summed E-state index contributed by atoms with van der Waals surface area (Å²) >= 11 is 6.25. The summed E-state index contributed by atoms with van der Waals surface area (Å²) in [5, 5.41) is 3.09. The van der Waals surface area contributed by atoms with Gasteiger partial charge in [0.2, 0.25) is 27.7 Å². The van der Waals surface area contributed by atoms with E-state index in [9.17, 15) is 22.8 Å². The molecule has 0 radical (unpaired) electrons. The molecule has 272 valence electrons. The summed E-state index contributed by atoms with van der Waals surface area (Å²) in [6.45, 7) is 2.50. The number of nitrogens with one attached hydrogen (secondary N) is 3. The number of halogens is 3. The highest BCUT2D eigenvalue weighted by molar-refractivity contribution is 7.89. The number of carbonyl (C=O) groups is 3. The van der Waals surface area contributed by atoms with Gasteiger partial charge < -0.3 is 20.9 Å². The van der Waals surface area contributed by atoms with E-state index in [4.69, 9.17) is 17.3 Å². The Hall–Kier alpha value is -3.44. The van der Waals surface area contributed by atoms with E-state index in [0.29, 0.717) is 25.1 Å². The van der Waals surface area contributed by atoms with E-state index in [1.54, 1.807) is 21.9 Å². The van der Waals surface area contributed by atoms with E-state index in [2.05, 4.69) is 21.2 Å². The van der Waals surface area contributed by atoms with Crippen molar-refractivity contribution in [2.24, 2.45) is 23.5 Å². The van der Waals surface area contributed by atoms with Crippen LogP contribution >= 0.6 is 11.6 Å². The number of hydrazine groups is 1. The van der Waals surface area contributed by atoms with Gasteiger partial charge in [0.1, 0.15) is 11.0 Å². The van der Waals surface area contributed by atoms with Crippen molar-refractivity contribution < 1.29 is 31.6 Å². The number of hydrogen-bond donors (Lipinski definition) is 4. The number of nitrogens with two attached hydrogens (primary N) is 1. The summed E-state index contributed by atoms with van der Waals surface area (Å²) in [6, 6.07) is 8.33. The zero-order valence-corrected chi connectivity index (χ0v) is 29.2. The van der Waals surface area contributed by atoms with Gasteiger partial charge in [-0.3, -0.25) is 25.2 Å². The van der Waals surface area contributed by atoms with Crippen LogP contribution in [-0.2, 0) is 30.3 Å². The summed E-state index contributed by atoms with van der Waals surface area (Å²) in [5.41, 5.74) is 11.2. The van der Waals surface area contributed by atoms with Crippen LogP contribution in [0.3, 0.4) is 0 Å². The second kappa shape index (κ2) is 15.0. The molecule has 5 N–H and O–H groups in total. The quantitative estimate of drug-likeness (QED) is 0.235. The van der Waals surface area contributed by atoms with E-state index in [0.717, 1.165) is 19.2 Å². The Kier molecular flexibility index (Phi) is 10.9. The monoisotopic (exact) mass is 736 g/mol. The Morgan fingerprint density at radius 1 is 0.920 bits per heavy atom. The molecule has 17 heteroatoms. The second-order valence-corrected chi connectivity index (χ2v) is 15.9. The van der Waals surface area contributed by atoms with Crippen molar-refractivity contribution in [1.29, 1.82) is 0 Å². The second-order valence-electron chi connectivity index (χ2n) is 13.6. The number of sulfonamides is 1. The normalized spacial score (nSPS) is 24.3. The van der Waals surface area contributed by atoms with Crippen LogP contribution in [0.2, 0.25) is 5.15 Å². The van der Waals surface area contributed by atoms with E-state index >= 15 is 8.78 Å². The van der Waals surface area contributed by atoms with E-state index in [-0.39, 0.29) is 109 Å². The van der Waals surface area contributed by atoms with Gasteiger partial charge in [0, 0.05) is 74.2 Å². The molecule has 3 aliphatic heterocycles. The highest BCUT2D eigenvalue weighted by atomic mass is 35.5. The summed E-state index contributed by atoms with van der Waals surface area (Å²) in [6.07, 6.45) is 2.36. The Morgan fingerprint density at radius 3 is 2.10 bits per heavy atom. The molecule has 3 amide bonds. The molecule has 1 aliphatic carbocycles. The van der Waals surface area contributed by atoms with Crippen LogP contribution in [0.1, 0.15) is 50.5 Å². The first kappa shape index (κ1) is 36.4. The van der Waals surface area contributed by atoms with Gasteiger partial charge in [-0.1, -0.05) is 11.6 Å². The highest BCUT2D eigenvalue weighted by Crippen LogP contribution is 2.46. The molecule has 3 saturated heterocycles. The molecule has 50 heavy (non-hydrogen) atoms. The third-order valence-corrected chi connectivity index (χ3v) is 12.4. The predicted octanol–water partition coefficient (Wildman–Crippen LogP) is 2.36. The van der Waals surface area contributed by atoms with Crippen LogP contribution < -0.4 is 31.7 Å². The Bertz CT molecular complexity index is 1680. The van der Waals surface area contributed by atoms with Crippen LogP contribution in [0.15, 0.2) is 41.3 Å². The number of carbonyl (C=O) groups excluding carboxylic acids is 3. The molecule has 1 aromatic heterocycles. The number of amides is 3. The van der Waals surface area contributed by atoms with Gasteiger partial charge in [-0.15, -0.1) is 0 Å². The molecule has 6 rings (SSSR count). The maximum atomic E-state index is 15.9. The minimum absolute atomic E-state index is 0.0858. The average molecular weight is 737 g/mol. The van der Waals surface area contributed by atoms with Gasteiger partial charge in [-0.05, 0) is 88.0 Å². The lowest BCUT2D eigenvalue weighted by Crippen LogP contribution is -2.49. The van der Waals surface area contributed by atoms with Gasteiger partial charge >= 0.3 is 0 Å². The van der Waals surface area contributed by atoms with Gasteiger partial charge in [0.05, 0.1) is 4.90 Å². The lowest BCUT2D eigenvalue weighted by molar-refractivity contribution is -0.135. The summed E-state index contributed by atoms with van der Waals surface area (Å²) < 4.78 is 60.1. The molecule has 4 fully saturated rings. The smallest absolute Gasteiger partial charge is 0.276 e. The van der Waals surface area contributed by atoms with Crippen molar-refractivity contribution in [3.8, 4) is 0 Å². The van der Waals surface area contributed by atoms with Gasteiger partial charge in [0.15, 0.2) is 0 Å². The number of benzene rings is 1. The lowest BCUT2D eigenvalue weighted by atomic mass is 9.77. The van der Waals surface area contributed by atoms with Gasteiger partial charge in [-0.2, -0.15) is 4.31 Å². The number of rotatable bonds is 8. The van der Waals surface area contributed by atoms with E-state index < -0.39 is 27.8 Å². The molecule has 4 heterocycles. The largest absolute Gasteiger partial charge is 0.354 e. The molecule has 1 aromatic carbocycles. The number of anilines is 2. The number of pyridine rings is 1. The van der Waals surface area contributed by atoms with Crippen LogP contribution in [0.4, 0.5) is 20.3 Å². The average Bonchev–Trinajstić information content (AvgIpc) is 3.47. The number of aromatic nitrogens is 1. The SMILES string of the molecule is N[C@@H]1CC(=O)N(c2ccc(S(=O)(=O)N3CCN(c4cc(C(F)(F)[C@H]5CC[C@H](C(=O)NNC(=O)C6CCNCC6)CC5)cc(Cl)n4)CC3)cc2)C1. The number of piperidine rings is 1.